The second kappa shape index (κ2) is 3.27. The van der Waals surface area contributed by atoms with Gasteiger partial charge in [-0.05, 0) is 6.07 Å². The van der Waals surface area contributed by atoms with Gasteiger partial charge in [-0.25, -0.2) is 0 Å². The molecule has 0 aliphatic carbocycles. The van der Waals surface area contributed by atoms with Crippen LogP contribution in [0.3, 0.4) is 0 Å². The van der Waals surface area contributed by atoms with Crippen molar-refractivity contribution >= 4 is 16.7 Å². The molecule has 1 aromatic carbocycles. The minimum Gasteiger partial charge on any atom is -0.352 e. The number of nitrogens with two attached hydrogens (primary N) is 1. The summed E-state index contributed by atoms with van der Waals surface area (Å²) in [4.78, 5) is 14.4. The minimum atomic E-state index is 0.0293. The van der Waals surface area contributed by atoms with Gasteiger partial charge in [-0.2, -0.15) is 0 Å². The zero-order valence-electron chi connectivity index (χ0n) is 8.00. The van der Waals surface area contributed by atoms with Crippen molar-refractivity contribution in [1.82, 2.24) is 4.98 Å². The number of rotatable bonds is 2. The van der Waals surface area contributed by atoms with Crippen molar-refractivity contribution in [1.29, 1.82) is 0 Å². The number of carbonyl (C=O) groups is 1. The molecule has 3 N–H and O–H groups in total. The van der Waals surface area contributed by atoms with Gasteiger partial charge in [-0.15, -0.1) is 0 Å². The lowest BCUT2D eigenvalue weighted by Gasteiger charge is -1.96. The number of nitrogens with one attached hydrogen (secondary N) is 1. The Hall–Kier alpha value is -1.61. The summed E-state index contributed by atoms with van der Waals surface area (Å²) in [5.41, 5.74) is 8.14. The summed E-state index contributed by atoms with van der Waals surface area (Å²) in [5.74, 6) is 0.0293. The minimum absolute atomic E-state index is 0.0293. The van der Waals surface area contributed by atoms with Gasteiger partial charge in [0.05, 0.1) is 5.69 Å². The molecule has 2 rings (SSSR count). The van der Waals surface area contributed by atoms with Crippen molar-refractivity contribution < 1.29 is 4.79 Å². The third-order valence-corrected chi connectivity index (χ3v) is 2.37. The van der Waals surface area contributed by atoms with E-state index in [-0.39, 0.29) is 5.78 Å². The quantitative estimate of drug-likeness (QED) is 0.706. The molecule has 0 aliphatic rings. The molecule has 3 nitrogen and oxygen atoms in total. The van der Waals surface area contributed by atoms with E-state index in [0.29, 0.717) is 12.2 Å². The average molecular weight is 188 g/mol. The molecule has 0 saturated heterocycles. The molecule has 72 valence electrons. The van der Waals surface area contributed by atoms with Gasteiger partial charge < -0.3 is 10.7 Å². The molecular weight excluding hydrogens is 176 g/mol. The fourth-order valence-electron chi connectivity index (χ4n) is 1.71. The van der Waals surface area contributed by atoms with Crippen LogP contribution in [-0.4, -0.2) is 10.8 Å². The van der Waals surface area contributed by atoms with Gasteiger partial charge in [-0.3, -0.25) is 4.79 Å². The van der Waals surface area contributed by atoms with Crippen LogP contribution in [-0.2, 0) is 6.54 Å². The maximum atomic E-state index is 11.3. The normalized spacial score (nSPS) is 10.7. The summed E-state index contributed by atoms with van der Waals surface area (Å²) < 4.78 is 0. The van der Waals surface area contributed by atoms with Crippen molar-refractivity contribution in [2.75, 3.05) is 0 Å². The van der Waals surface area contributed by atoms with Crippen molar-refractivity contribution in [3.63, 3.8) is 0 Å². The molecule has 0 bridgehead atoms. The van der Waals surface area contributed by atoms with Gasteiger partial charge >= 0.3 is 0 Å². The van der Waals surface area contributed by atoms with Crippen LogP contribution in [0.5, 0.6) is 0 Å². The first kappa shape index (κ1) is 8.97. The Balaban J connectivity index is 2.78. The number of H-pyrrole nitrogens is 1. The number of Topliss-reactive ketones (excluding diaryl/α,β-unsaturated/α-hetero) is 1. The highest BCUT2D eigenvalue weighted by molar-refractivity contribution is 6.00. The number of hydrogen-bond donors (Lipinski definition) is 2. The Bertz CT molecular complexity index is 485. The third-order valence-electron chi connectivity index (χ3n) is 2.37. The van der Waals surface area contributed by atoms with Crippen molar-refractivity contribution in [2.45, 2.75) is 13.5 Å². The van der Waals surface area contributed by atoms with E-state index in [2.05, 4.69) is 4.98 Å². The molecule has 3 heteroatoms. The van der Waals surface area contributed by atoms with Crippen LogP contribution in [0, 0.1) is 0 Å². The number of ketones is 1. The van der Waals surface area contributed by atoms with Crippen molar-refractivity contribution in [3.05, 3.63) is 35.5 Å². The SMILES string of the molecule is CC(=O)c1[nH]c2ccccc2c1CN. The first-order valence-electron chi connectivity index (χ1n) is 4.54. The topological polar surface area (TPSA) is 58.9 Å². The van der Waals surface area contributed by atoms with E-state index in [1.807, 2.05) is 24.3 Å². The average Bonchev–Trinajstić information content (AvgIpc) is 2.56. The van der Waals surface area contributed by atoms with Crippen LogP contribution in [0.4, 0.5) is 0 Å². The van der Waals surface area contributed by atoms with Crippen molar-refractivity contribution in [3.8, 4) is 0 Å². The van der Waals surface area contributed by atoms with E-state index < -0.39 is 0 Å². The van der Waals surface area contributed by atoms with Crippen LogP contribution < -0.4 is 5.73 Å². The number of fused-ring (bicyclic) bond motifs is 1. The van der Waals surface area contributed by atoms with E-state index >= 15 is 0 Å². The van der Waals surface area contributed by atoms with Crippen LogP contribution in [0.1, 0.15) is 23.0 Å². The lowest BCUT2D eigenvalue weighted by atomic mass is 10.1. The Morgan fingerprint density at radius 3 is 2.79 bits per heavy atom. The molecule has 2 aromatic rings. The molecule has 0 saturated carbocycles. The molecule has 0 radical (unpaired) electrons. The second-order valence-electron chi connectivity index (χ2n) is 3.28. The zero-order valence-corrected chi connectivity index (χ0v) is 8.00. The zero-order chi connectivity index (χ0) is 10.1. The lowest BCUT2D eigenvalue weighted by molar-refractivity contribution is 0.101. The smallest absolute Gasteiger partial charge is 0.176 e. The van der Waals surface area contributed by atoms with Gasteiger partial charge in [0.2, 0.25) is 0 Å². The molecular formula is C11H12N2O. The fourth-order valence-corrected chi connectivity index (χ4v) is 1.71. The van der Waals surface area contributed by atoms with Crippen LogP contribution in [0.2, 0.25) is 0 Å². The molecule has 0 aliphatic heterocycles. The summed E-state index contributed by atoms with van der Waals surface area (Å²) in [6.07, 6.45) is 0. The van der Waals surface area contributed by atoms with Gasteiger partial charge in [0.15, 0.2) is 5.78 Å². The summed E-state index contributed by atoms with van der Waals surface area (Å²) in [7, 11) is 0. The Kier molecular flexibility index (Phi) is 2.09. The van der Waals surface area contributed by atoms with E-state index in [0.717, 1.165) is 16.5 Å². The maximum absolute atomic E-state index is 11.3. The Morgan fingerprint density at radius 2 is 2.14 bits per heavy atom. The summed E-state index contributed by atoms with van der Waals surface area (Å²) in [6, 6.07) is 7.80. The number of aromatic nitrogens is 1. The number of hydrogen-bond acceptors (Lipinski definition) is 2. The van der Waals surface area contributed by atoms with Crippen molar-refractivity contribution in [2.24, 2.45) is 5.73 Å². The van der Waals surface area contributed by atoms with Gasteiger partial charge in [0.1, 0.15) is 0 Å². The third kappa shape index (κ3) is 1.22. The van der Waals surface area contributed by atoms with Gasteiger partial charge in [-0.1, -0.05) is 18.2 Å². The maximum Gasteiger partial charge on any atom is 0.176 e. The first-order chi connectivity index (χ1) is 6.74. The first-order valence-corrected chi connectivity index (χ1v) is 4.54. The molecule has 1 aromatic heterocycles. The summed E-state index contributed by atoms with van der Waals surface area (Å²) >= 11 is 0. The van der Waals surface area contributed by atoms with Crippen LogP contribution >= 0.6 is 0 Å². The van der Waals surface area contributed by atoms with Gasteiger partial charge in [0, 0.05) is 29.9 Å². The number of aromatic amines is 1. The summed E-state index contributed by atoms with van der Waals surface area (Å²) in [5, 5.41) is 1.04. The molecule has 1 heterocycles. The molecule has 0 spiro atoms. The fraction of sp³-hybridized carbons (Fsp3) is 0.182. The Morgan fingerprint density at radius 1 is 1.43 bits per heavy atom. The predicted octanol–water partition coefficient (Wildman–Crippen LogP) is 1.83. The number of benzene rings is 1. The lowest BCUT2D eigenvalue weighted by Crippen LogP contribution is -2.03. The highest BCUT2D eigenvalue weighted by Crippen LogP contribution is 2.21. The monoisotopic (exact) mass is 188 g/mol. The molecule has 0 fully saturated rings. The predicted molar refractivity (Wildman–Crippen MR) is 56.2 cm³/mol. The molecule has 0 atom stereocenters. The standard InChI is InChI=1S/C11H12N2O/c1-7(14)11-9(6-12)8-4-2-3-5-10(8)13-11/h2-5,13H,6,12H2,1H3. The summed E-state index contributed by atoms with van der Waals surface area (Å²) in [6.45, 7) is 1.93. The van der Waals surface area contributed by atoms with Crippen LogP contribution in [0.25, 0.3) is 10.9 Å². The molecule has 0 unspecified atom stereocenters. The second-order valence-corrected chi connectivity index (χ2v) is 3.28. The number of carbonyl (C=O) groups excluding carboxylic acids is 1. The highest BCUT2D eigenvalue weighted by Gasteiger charge is 2.12. The Labute approximate surface area is 81.9 Å². The van der Waals surface area contributed by atoms with E-state index in [9.17, 15) is 4.79 Å². The number of para-hydroxylation sites is 1. The highest BCUT2D eigenvalue weighted by atomic mass is 16.1. The van der Waals surface area contributed by atoms with E-state index in [1.165, 1.54) is 0 Å². The van der Waals surface area contributed by atoms with E-state index in [1.54, 1.807) is 6.92 Å². The largest absolute Gasteiger partial charge is 0.352 e. The van der Waals surface area contributed by atoms with Crippen LogP contribution in [0.15, 0.2) is 24.3 Å². The molecule has 14 heavy (non-hydrogen) atoms. The van der Waals surface area contributed by atoms with E-state index in [4.69, 9.17) is 5.73 Å². The van der Waals surface area contributed by atoms with Gasteiger partial charge in [0.25, 0.3) is 0 Å². The molecule has 0 amide bonds.